The van der Waals surface area contributed by atoms with Gasteiger partial charge in [0.15, 0.2) is 5.76 Å². The number of hydrogen-bond acceptors (Lipinski definition) is 9. The van der Waals surface area contributed by atoms with Crippen molar-refractivity contribution in [2.24, 2.45) is 10.9 Å². The van der Waals surface area contributed by atoms with Gasteiger partial charge in [-0.3, -0.25) is 14.5 Å². The molecule has 3 amide bonds. The van der Waals surface area contributed by atoms with E-state index in [9.17, 15) is 24.3 Å². The fourth-order valence-electron chi connectivity index (χ4n) is 2.87. The van der Waals surface area contributed by atoms with E-state index in [0.29, 0.717) is 0 Å². The Balaban J connectivity index is 1.77. The first-order chi connectivity index (χ1) is 13.8. The Bertz CT molecular complexity index is 910. The zero-order chi connectivity index (χ0) is 21.1. The van der Waals surface area contributed by atoms with E-state index in [1.54, 1.807) is 6.07 Å². The van der Waals surface area contributed by atoms with Crippen LogP contribution in [0.25, 0.3) is 0 Å². The summed E-state index contributed by atoms with van der Waals surface area (Å²) in [6, 6.07) is 2.08. The van der Waals surface area contributed by atoms with Crippen LogP contribution >= 0.6 is 11.8 Å². The topological polar surface area (TPSA) is 174 Å². The molecule has 3 rings (SSSR count). The number of fused-ring (bicyclic) bond motifs is 1. The molecule has 1 aromatic rings. The molecule has 1 unspecified atom stereocenters. The van der Waals surface area contributed by atoms with Gasteiger partial charge in [0.1, 0.15) is 30.8 Å². The molecule has 0 saturated carbocycles. The first-order valence-corrected chi connectivity index (χ1v) is 9.18. The average molecular weight is 424 g/mol. The molecule has 0 radical (unpaired) electrons. The van der Waals surface area contributed by atoms with Crippen LogP contribution in [0.2, 0.25) is 0 Å². The standard InChI is InChI=1S/C16H16N4O8S/c1-26-19-9(8-3-2-4-27-8)12(21)18-10-13(22)20-11(15(23)24)7(5-28-16(17)25)6-29-14(10)20/h2-4,10,14H,5-6H2,1H3,(H2,17,25)(H,18,21)(H,23,24)/b19-9-/t10?,14-/m0/s1. The maximum atomic E-state index is 12.6. The molecule has 1 saturated heterocycles. The van der Waals surface area contributed by atoms with E-state index in [0.717, 1.165) is 4.90 Å². The fourth-order valence-corrected chi connectivity index (χ4v) is 4.19. The fraction of sp³-hybridized carbons (Fsp3) is 0.312. The third-order valence-corrected chi connectivity index (χ3v) is 5.42. The van der Waals surface area contributed by atoms with E-state index in [1.807, 2.05) is 0 Å². The van der Waals surface area contributed by atoms with E-state index >= 15 is 0 Å². The van der Waals surface area contributed by atoms with Gasteiger partial charge in [-0.05, 0) is 12.1 Å². The van der Waals surface area contributed by atoms with Gasteiger partial charge in [-0.25, -0.2) is 9.59 Å². The molecular weight excluding hydrogens is 408 g/mol. The lowest BCUT2D eigenvalue weighted by atomic mass is 10.0. The van der Waals surface area contributed by atoms with Crippen molar-refractivity contribution in [2.75, 3.05) is 19.5 Å². The Labute approximate surface area is 167 Å². The van der Waals surface area contributed by atoms with Gasteiger partial charge in [0.05, 0.1) is 6.26 Å². The number of ether oxygens (including phenoxy) is 1. The molecule has 0 aliphatic carbocycles. The van der Waals surface area contributed by atoms with Crippen molar-refractivity contribution in [3.63, 3.8) is 0 Å². The number of carbonyl (C=O) groups is 4. The minimum absolute atomic E-state index is 0.140. The number of carboxylic acids is 1. The summed E-state index contributed by atoms with van der Waals surface area (Å²) in [6.45, 7) is -0.347. The molecule has 4 N–H and O–H groups in total. The Kier molecular flexibility index (Phi) is 5.77. The quantitative estimate of drug-likeness (QED) is 0.295. The summed E-state index contributed by atoms with van der Waals surface area (Å²) in [5.41, 5.74) is 4.68. The number of nitrogens with zero attached hydrogens (tertiary/aromatic N) is 2. The van der Waals surface area contributed by atoms with Crippen LogP contribution in [0.4, 0.5) is 4.79 Å². The predicted octanol–water partition coefficient (Wildman–Crippen LogP) is -0.536. The van der Waals surface area contributed by atoms with Crippen molar-refractivity contribution in [1.29, 1.82) is 0 Å². The number of rotatable bonds is 7. The van der Waals surface area contributed by atoms with Crippen LogP contribution in [0.3, 0.4) is 0 Å². The lowest BCUT2D eigenvalue weighted by Crippen LogP contribution is -2.71. The van der Waals surface area contributed by atoms with Crippen LogP contribution in [-0.2, 0) is 24.0 Å². The first-order valence-electron chi connectivity index (χ1n) is 8.13. The molecule has 154 valence electrons. The van der Waals surface area contributed by atoms with Gasteiger partial charge in [-0.2, -0.15) is 0 Å². The van der Waals surface area contributed by atoms with Crippen molar-refractivity contribution < 1.29 is 38.3 Å². The van der Waals surface area contributed by atoms with E-state index in [2.05, 4.69) is 20.0 Å². The highest BCUT2D eigenvalue weighted by atomic mass is 32.2. The van der Waals surface area contributed by atoms with Crippen molar-refractivity contribution in [3.05, 3.63) is 35.4 Å². The molecule has 1 aromatic heterocycles. The van der Waals surface area contributed by atoms with Gasteiger partial charge in [0.2, 0.25) is 5.71 Å². The zero-order valence-electron chi connectivity index (χ0n) is 15.0. The summed E-state index contributed by atoms with van der Waals surface area (Å²) in [4.78, 5) is 53.3. The minimum atomic E-state index is -1.35. The highest BCUT2D eigenvalue weighted by molar-refractivity contribution is 8.00. The normalized spacial score (nSPS) is 21.2. The molecule has 0 bridgehead atoms. The minimum Gasteiger partial charge on any atom is -0.477 e. The van der Waals surface area contributed by atoms with E-state index in [4.69, 9.17) is 10.2 Å². The van der Waals surface area contributed by atoms with Gasteiger partial charge in [-0.15, -0.1) is 11.8 Å². The molecule has 13 heteroatoms. The van der Waals surface area contributed by atoms with E-state index in [1.165, 1.54) is 31.2 Å². The lowest BCUT2D eigenvalue weighted by Gasteiger charge is -2.49. The second kappa shape index (κ2) is 8.26. The molecule has 0 spiro atoms. The van der Waals surface area contributed by atoms with Crippen LogP contribution < -0.4 is 11.1 Å². The number of amides is 3. The van der Waals surface area contributed by atoms with Gasteiger partial charge in [0.25, 0.3) is 11.8 Å². The van der Waals surface area contributed by atoms with Gasteiger partial charge < -0.3 is 30.1 Å². The number of nitrogens with two attached hydrogens (primary N) is 1. The number of β-lactam (4-membered cyclic amide) rings is 1. The summed E-state index contributed by atoms with van der Waals surface area (Å²) in [5, 5.41) is 15.0. The number of oxime groups is 1. The number of aliphatic carboxylic acids is 1. The van der Waals surface area contributed by atoms with Crippen LogP contribution in [-0.4, -0.2) is 70.5 Å². The number of hydrogen-bond donors (Lipinski definition) is 3. The molecular formula is C16H16N4O8S. The Morgan fingerprint density at radius 3 is 2.83 bits per heavy atom. The summed E-state index contributed by atoms with van der Waals surface area (Å²) >= 11 is 1.21. The SMILES string of the molecule is CO/N=C(\C(=O)NC1C(=O)N2C(C(=O)O)=C(COC(N)=O)CS[C@@H]12)c1ccco1. The smallest absolute Gasteiger partial charge is 0.404 e. The van der Waals surface area contributed by atoms with E-state index < -0.39 is 35.3 Å². The number of carbonyl (C=O) groups excluding carboxylic acids is 3. The molecule has 1 fully saturated rings. The molecule has 12 nitrogen and oxygen atoms in total. The summed E-state index contributed by atoms with van der Waals surface area (Å²) in [7, 11) is 1.25. The third-order valence-electron chi connectivity index (χ3n) is 4.08. The molecule has 2 aliphatic heterocycles. The average Bonchev–Trinajstić information content (AvgIpc) is 3.21. The largest absolute Gasteiger partial charge is 0.477 e. The summed E-state index contributed by atoms with van der Waals surface area (Å²) < 4.78 is 9.79. The molecule has 29 heavy (non-hydrogen) atoms. The Morgan fingerprint density at radius 1 is 1.48 bits per heavy atom. The van der Waals surface area contributed by atoms with Crippen LogP contribution in [0.1, 0.15) is 5.76 Å². The van der Waals surface area contributed by atoms with Gasteiger partial charge in [-0.1, -0.05) is 5.16 Å². The molecule has 3 heterocycles. The molecule has 2 atom stereocenters. The highest BCUT2D eigenvalue weighted by Gasteiger charge is 2.54. The van der Waals surface area contributed by atoms with Crippen molar-refractivity contribution in [3.8, 4) is 0 Å². The second-order valence-electron chi connectivity index (χ2n) is 5.83. The van der Waals surface area contributed by atoms with Crippen molar-refractivity contribution in [2.45, 2.75) is 11.4 Å². The highest BCUT2D eigenvalue weighted by Crippen LogP contribution is 2.40. The number of carboxylic acid groups (broad SMARTS) is 1. The second-order valence-corrected chi connectivity index (χ2v) is 6.93. The van der Waals surface area contributed by atoms with E-state index in [-0.39, 0.29) is 35.1 Å². The summed E-state index contributed by atoms with van der Waals surface area (Å²) in [5.74, 6) is -2.38. The Morgan fingerprint density at radius 2 is 2.24 bits per heavy atom. The lowest BCUT2D eigenvalue weighted by molar-refractivity contribution is -0.150. The number of furan rings is 1. The zero-order valence-corrected chi connectivity index (χ0v) is 15.8. The Hall–Kier alpha value is -3.48. The van der Waals surface area contributed by atoms with Crippen LogP contribution in [0.15, 0.2) is 39.2 Å². The summed E-state index contributed by atoms with van der Waals surface area (Å²) in [6.07, 6.45) is 0.290. The number of nitrogens with one attached hydrogen (secondary N) is 1. The van der Waals surface area contributed by atoms with Crippen LogP contribution in [0, 0.1) is 0 Å². The van der Waals surface area contributed by atoms with Gasteiger partial charge in [0, 0.05) is 11.3 Å². The third kappa shape index (κ3) is 3.89. The monoisotopic (exact) mass is 424 g/mol. The van der Waals surface area contributed by atoms with Gasteiger partial charge >= 0.3 is 12.1 Å². The predicted molar refractivity (Wildman–Crippen MR) is 97.5 cm³/mol. The number of primary amides is 1. The molecule has 2 aliphatic rings. The van der Waals surface area contributed by atoms with Crippen molar-refractivity contribution >= 4 is 41.4 Å². The maximum absolute atomic E-state index is 12.6. The maximum Gasteiger partial charge on any atom is 0.404 e. The van der Waals surface area contributed by atoms with Crippen LogP contribution in [0.5, 0.6) is 0 Å². The number of thioether (sulfide) groups is 1. The van der Waals surface area contributed by atoms with Crippen molar-refractivity contribution in [1.82, 2.24) is 10.2 Å². The first kappa shape index (κ1) is 20.3. The molecule has 0 aromatic carbocycles.